The highest BCUT2D eigenvalue weighted by Gasteiger charge is 2.15. The van der Waals surface area contributed by atoms with Crippen molar-refractivity contribution in [1.29, 1.82) is 0 Å². The van der Waals surface area contributed by atoms with E-state index in [9.17, 15) is 4.39 Å². The van der Waals surface area contributed by atoms with Gasteiger partial charge in [0.1, 0.15) is 28.0 Å². The summed E-state index contributed by atoms with van der Waals surface area (Å²) in [7, 11) is 0. The SMILES string of the molecule is Cc1cc(C)c2ccc3nc(-c4ccc(F)cc4)c(Cl)n3c2n1. The summed E-state index contributed by atoms with van der Waals surface area (Å²) in [4.78, 5) is 9.22. The number of halogens is 2. The van der Waals surface area contributed by atoms with Gasteiger partial charge in [0, 0.05) is 16.6 Å². The van der Waals surface area contributed by atoms with Gasteiger partial charge in [-0.05, 0) is 61.9 Å². The van der Waals surface area contributed by atoms with Crippen molar-refractivity contribution >= 4 is 28.3 Å². The molecule has 5 heteroatoms. The van der Waals surface area contributed by atoms with Crippen LogP contribution in [0.15, 0.2) is 42.5 Å². The number of rotatable bonds is 1. The van der Waals surface area contributed by atoms with Crippen LogP contribution in [-0.4, -0.2) is 14.4 Å². The number of nitrogens with zero attached hydrogens (tertiary/aromatic N) is 3. The topological polar surface area (TPSA) is 30.2 Å². The third-order valence-corrected chi connectivity index (χ3v) is 4.30. The van der Waals surface area contributed by atoms with E-state index >= 15 is 0 Å². The summed E-state index contributed by atoms with van der Waals surface area (Å²) < 4.78 is 15.0. The van der Waals surface area contributed by atoms with Crippen molar-refractivity contribution in [3.8, 4) is 11.3 Å². The molecular formula is C18H13ClFN3. The standard InChI is InChI=1S/C18H13ClFN3/c1-10-9-11(2)21-18-14(10)7-8-15-22-16(17(19)23(15)18)12-3-5-13(20)6-4-12/h3-9H,1-2H3. The average molecular weight is 326 g/mol. The van der Waals surface area contributed by atoms with Gasteiger partial charge in [-0.15, -0.1) is 0 Å². The third kappa shape index (κ3) is 2.18. The Balaban J connectivity index is 2.08. The zero-order valence-electron chi connectivity index (χ0n) is 12.6. The normalized spacial score (nSPS) is 11.5. The van der Waals surface area contributed by atoms with Gasteiger partial charge >= 0.3 is 0 Å². The van der Waals surface area contributed by atoms with E-state index in [0.717, 1.165) is 33.5 Å². The Labute approximate surface area is 137 Å². The zero-order chi connectivity index (χ0) is 16.1. The largest absolute Gasteiger partial charge is 0.266 e. The van der Waals surface area contributed by atoms with Crippen LogP contribution in [0.5, 0.6) is 0 Å². The number of pyridine rings is 2. The molecule has 0 saturated carbocycles. The highest BCUT2D eigenvalue weighted by molar-refractivity contribution is 6.32. The Morgan fingerprint density at radius 1 is 1.00 bits per heavy atom. The van der Waals surface area contributed by atoms with Crippen molar-refractivity contribution in [1.82, 2.24) is 14.4 Å². The second-order valence-electron chi connectivity index (χ2n) is 5.60. The summed E-state index contributed by atoms with van der Waals surface area (Å²) in [6.07, 6.45) is 0. The van der Waals surface area contributed by atoms with Crippen molar-refractivity contribution in [2.75, 3.05) is 0 Å². The highest BCUT2D eigenvalue weighted by Crippen LogP contribution is 2.31. The molecule has 0 atom stereocenters. The predicted molar refractivity (Wildman–Crippen MR) is 90.4 cm³/mol. The number of hydrogen-bond donors (Lipinski definition) is 0. The minimum Gasteiger partial charge on any atom is -0.266 e. The van der Waals surface area contributed by atoms with Gasteiger partial charge in [-0.25, -0.2) is 14.4 Å². The Hall–Kier alpha value is -2.46. The molecule has 4 aromatic rings. The van der Waals surface area contributed by atoms with Crippen molar-refractivity contribution in [3.63, 3.8) is 0 Å². The molecule has 0 amide bonds. The number of fused-ring (bicyclic) bond motifs is 3. The van der Waals surface area contributed by atoms with E-state index in [1.807, 2.05) is 29.5 Å². The summed E-state index contributed by atoms with van der Waals surface area (Å²) in [5, 5.41) is 1.52. The van der Waals surface area contributed by atoms with Crippen LogP contribution in [0.4, 0.5) is 4.39 Å². The summed E-state index contributed by atoms with van der Waals surface area (Å²) in [6.45, 7) is 4.01. The summed E-state index contributed by atoms with van der Waals surface area (Å²) in [6, 6.07) is 12.1. The van der Waals surface area contributed by atoms with Crippen LogP contribution in [-0.2, 0) is 0 Å². The van der Waals surface area contributed by atoms with Crippen LogP contribution in [0.25, 0.3) is 27.9 Å². The first-order chi connectivity index (χ1) is 11.0. The first-order valence-corrected chi connectivity index (χ1v) is 7.63. The molecule has 1 aromatic carbocycles. The minimum absolute atomic E-state index is 0.285. The van der Waals surface area contributed by atoms with Gasteiger partial charge in [-0.2, -0.15) is 0 Å². The van der Waals surface area contributed by atoms with Crippen molar-refractivity contribution < 1.29 is 4.39 Å². The predicted octanol–water partition coefficient (Wildman–Crippen LogP) is 4.96. The molecule has 0 unspecified atom stereocenters. The Kier molecular flexibility index (Phi) is 3.10. The quantitative estimate of drug-likeness (QED) is 0.495. The maximum atomic E-state index is 13.1. The van der Waals surface area contributed by atoms with Gasteiger partial charge in [-0.1, -0.05) is 11.6 Å². The molecule has 0 aliphatic heterocycles. The lowest BCUT2D eigenvalue weighted by molar-refractivity contribution is 0.628. The minimum atomic E-state index is -0.285. The van der Waals surface area contributed by atoms with Crippen LogP contribution in [0.3, 0.4) is 0 Å². The van der Waals surface area contributed by atoms with Gasteiger partial charge in [0.15, 0.2) is 0 Å². The lowest BCUT2D eigenvalue weighted by atomic mass is 10.1. The van der Waals surface area contributed by atoms with E-state index in [2.05, 4.69) is 16.9 Å². The first kappa shape index (κ1) is 14.2. The van der Waals surface area contributed by atoms with E-state index in [1.54, 1.807) is 12.1 Å². The van der Waals surface area contributed by atoms with E-state index in [-0.39, 0.29) is 5.82 Å². The number of aromatic nitrogens is 3. The molecule has 0 fully saturated rings. The van der Waals surface area contributed by atoms with Crippen LogP contribution >= 0.6 is 11.6 Å². The molecule has 0 N–H and O–H groups in total. The number of benzene rings is 1. The van der Waals surface area contributed by atoms with Gasteiger partial charge in [-0.3, -0.25) is 4.40 Å². The number of aryl methyl sites for hydroxylation is 2. The maximum absolute atomic E-state index is 13.1. The van der Waals surface area contributed by atoms with Gasteiger partial charge in [0.25, 0.3) is 0 Å². The monoisotopic (exact) mass is 325 g/mol. The third-order valence-electron chi connectivity index (χ3n) is 3.95. The molecule has 0 bridgehead atoms. The van der Waals surface area contributed by atoms with Crippen LogP contribution < -0.4 is 0 Å². The van der Waals surface area contributed by atoms with Crippen LogP contribution in [0.1, 0.15) is 11.3 Å². The Morgan fingerprint density at radius 3 is 2.48 bits per heavy atom. The van der Waals surface area contributed by atoms with E-state index in [1.165, 1.54) is 12.1 Å². The second-order valence-corrected chi connectivity index (χ2v) is 5.96. The average Bonchev–Trinajstić information content (AvgIpc) is 2.85. The fourth-order valence-corrected chi connectivity index (χ4v) is 3.20. The van der Waals surface area contributed by atoms with Crippen molar-refractivity contribution in [3.05, 3.63) is 64.7 Å². The highest BCUT2D eigenvalue weighted by atomic mass is 35.5. The Morgan fingerprint density at radius 2 is 1.74 bits per heavy atom. The molecule has 114 valence electrons. The zero-order valence-corrected chi connectivity index (χ0v) is 13.4. The number of hydrogen-bond acceptors (Lipinski definition) is 2. The van der Waals surface area contributed by atoms with Crippen LogP contribution in [0, 0.1) is 19.7 Å². The van der Waals surface area contributed by atoms with Crippen LogP contribution in [0.2, 0.25) is 5.15 Å². The van der Waals surface area contributed by atoms with Crippen molar-refractivity contribution in [2.24, 2.45) is 0 Å². The molecule has 0 aliphatic rings. The Bertz CT molecular complexity index is 1050. The van der Waals surface area contributed by atoms with E-state index in [0.29, 0.717) is 10.8 Å². The molecule has 0 saturated heterocycles. The molecule has 4 rings (SSSR count). The molecule has 0 radical (unpaired) electrons. The lowest BCUT2D eigenvalue weighted by Gasteiger charge is -2.06. The summed E-state index contributed by atoms with van der Waals surface area (Å²) >= 11 is 6.58. The van der Waals surface area contributed by atoms with E-state index < -0.39 is 0 Å². The fourth-order valence-electron chi connectivity index (χ4n) is 2.88. The van der Waals surface area contributed by atoms with Gasteiger partial charge in [0.05, 0.1) is 0 Å². The lowest BCUT2D eigenvalue weighted by Crippen LogP contribution is -1.95. The molecule has 3 heterocycles. The second kappa shape index (κ2) is 5.03. The van der Waals surface area contributed by atoms with Gasteiger partial charge < -0.3 is 0 Å². The summed E-state index contributed by atoms with van der Waals surface area (Å²) in [5.74, 6) is -0.285. The van der Waals surface area contributed by atoms with E-state index in [4.69, 9.17) is 11.6 Å². The van der Waals surface area contributed by atoms with Gasteiger partial charge in [0.2, 0.25) is 0 Å². The van der Waals surface area contributed by atoms with Crippen molar-refractivity contribution in [2.45, 2.75) is 13.8 Å². The maximum Gasteiger partial charge on any atom is 0.147 e. The first-order valence-electron chi connectivity index (χ1n) is 7.25. The smallest absolute Gasteiger partial charge is 0.147 e. The summed E-state index contributed by atoms with van der Waals surface area (Å²) in [5.41, 5.74) is 4.97. The number of imidazole rings is 1. The molecule has 0 aliphatic carbocycles. The molecule has 3 nitrogen and oxygen atoms in total. The molecule has 23 heavy (non-hydrogen) atoms. The fraction of sp³-hybridized carbons (Fsp3) is 0.111. The molecule has 0 spiro atoms. The molecular weight excluding hydrogens is 313 g/mol. The molecule has 3 aromatic heterocycles.